The summed E-state index contributed by atoms with van der Waals surface area (Å²) in [5, 5.41) is 4.60. The van der Waals surface area contributed by atoms with Gasteiger partial charge in [0, 0.05) is 5.39 Å². The van der Waals surface area contributed by atoms with Gasteiger partial charge in [-0.05, 0) is 36.5 Å². The molecule has 1 amide bonds. The van der Waals surface area contributed by atoms with Gasteiger partial charge in [-0.1, -0.05) is 74.8 Å². The molecule has 1 N–H and O–H groups in total. The molecule has 0 fully saturated rings. The van der Waals surface area contributed by atoms with Crippen LogP contribution in [0, 0.1) is 11.3 Å². The number of amides is 1. The number of pyridine rings is 1. The number of rotatable bonds is 6. The van der Waals surface area contributed by atoms with Crippen LogP contribution in [0.5, 0.6) is 0 Å². The van der Waals surface area contributed by atoms with E-state index in [0.717, 1.165) is 17.3 Å². The molecule has 1 heterocycles. The maximum absolute atomic E-state index is 13.2. The van der Waals surface area contributed by atoms with Crippen LogP contribution >= 0.6 is 11.6 Å². The van der Waals surface area contributed by atoms with Gasteiger partial charge in [-0.25, -0.2) is 0 Å². The molecule has 4 heteroatoms. The van der Waals surface area contributed by atoms with Crippen LogP contribution in [0.1, 0.15) is 32.8 Å². The average Bonchev–Trinajstić information content (AvgIpc) is 2.62. The first-order valence-electron chi connectivity index (χ1n) is 9.27. The van der Waals surface area contributed by atoms with E-state index in [4.69, 9.17) is 11.6 Å². The molecule has 2 aromatic carbocycles. The Labute approximate surface area is 165 Å². The molecule has 0 spiro atoms. The topological polar surface area (TPSA) is 42.0 Å². The SMILES string of the molecule is CC(C)CC(C)(Cc1ccccc1)C(=O)Nc1cnc2c(Cl)cccc2c1. The summed E-state index contributed by atoms with van der Waals surface area (Å²) < 4.78 is 0. The van der Waals surface area contributed by atoms with Gasteiger partial charge in [-0.15, -0.1) is 0 Å². The monoisotopic (exact) mass is 380 g/mol. The van der Waals surface area contributed by atoms with E-state index in [-0.39, 0.29) is 5.91 Å². The van der Waals surface area contributed by atoms with Crippen LogP contribution in [0.15, 0.2) is 60.8 Å². The van der Waals surface area contributed by atoms with Crippen molar-refractivity contribution in [3.05, 3.63) is 71.4 Å². The number of carbonyl (C=O) groups excluding carboxylic acids is 1. The lowest BCUT2D eigenvalue weighted by Gasteiger charge is -2.30. The zero-order valence-electron chi connectivity index (χ0n) is 16.0. The predicted octanol–water partition coefficient (Wildman–Crippen LogP) is 6.12. The van der Waals surface area contributed by atoms with Gasteiger partial charge in [0.2, 0.25) is 5.91 Å². The molecule has 0 bridgehead atoms. The van der Waals surface area contributed by atoms with Gasteiger partial charge in [0.25, 0.3) is 0 Å². The summed E-state index contributed by atoms with van der Waals surface area (Å²) in [5.41, 5.74) is 2.10. The largest absolute Gasteiger partial charge is 0.324 e. The van der Waals surface area contributed by atoms with Crippen molar-refractivity contribution in [1.82, 2.24) is 4.98 Å². The molecule has 0 aliphatic heterocycles. The highest BCUT2D eigenvalue weighted by Gasteiger charge is 2.34. The molecule has 1 aromatic heterocycles. The third kappa shape index (κ3) is 4.67. The Morgan fingerprint density at radius 1 is 1.15 bits per heavy atom. The summed E-state index contributed by atoms with van der Waals surface area (Å²) >= 11 is 6.19. The minimum absolute atomic E-state index is 0.0169. The van der Waals surface area contributed by atoms with Crippen molar-refractivity contribution in [2.24, 2.45) is 11.3 Å². The summed E-state index contributed by atoms with van der Waals surface area (Å²) in [5.74, 6) is 0.432. The van der Waals surface area contributed by atoms with E-state index >= 15 is 0 Å². The highest BCUT2D eigenvalue weighted by Crippen LogP contribution is 2.32. The van der Waals surface area contributed by atoms with E-state index in [2.05, 4.69) is 36.3 Å². The Bertz CT molecular complexity index is 940. The summed E-state index contributed by atoms with van der Waals surface area (Å²) in [7, 11) is 0. The van der Waals surface area contributed by atoms with Crippen LogP contribution < -0.4 is 5.32 Å². The fourth-order valence-electron chi connectivity index (χ4n) is 3.67. The van der Waals surface area contributed by atoms with E-state index in [9.17, 15) is 4.79 Å². The third-order valence-electron chi connectivity index (χ3n) is 4.76. The number of aromatic nitrogens is 1. The predicted molar refractivity (Wildman–Crippen MR) is 113 cm³/mol. The zero-order valence-corrected chi connectivity index (χ0v) is 16.8. The number of halogens is 1. The highest BCUT2D eigenvalue weighted by molar-refractivity contribution is 6.35. The van der Waals surface area contributed by atoms with Crippen LogP contribution in [0.4, 0.5) is 5.69 Å². The Morgan fingerprint density at radius 3 is 2.59 bits per heavy atom. The molecular formula is C23H25ClN2O. The van der Waals surface area contributed by atoms with Crippen LogP contribution in [-0.2, 0) is 11.2 Å². The maximum atomic E-state index is 13.2. The van der Waals surface area contributed by atoms with Crippen molar-refractivity contribution >= 4 is 34.1 Å². The van der Waals surface area contributed by atoms with Crippen molar-refractivity contribution in [3.63, 3.8) is 0 Å². The summed E-state index contributed by atoms with van der Waals surface area (Å²) in [6.07, 6.45) is 3.18. The molecule has 0 radical (unpaired) electrons. The van der Waals surface area contributed by atoms with Crippen molar-refractivity contribution in [3.8, 4) is 0 Å². The lowest BCUT2D eigenvalue weighted by molar-refractivity contribution is -0.125. The molecule has 0 saturated carbocycles. The maximum Gasteiger partial charge on any atom is 0.230 e. The third-order valence-corrected chi connectivity index (χ3v) is 5.07. The number of nitrogens with zero attached hydrogens (tertiary/aromatic N) is 1. The lowest BCUT2D eigenvalue weighted by atomic mass is 9.76. The van der Waals surface area contributed by atoms with Gasteiger partial charge in [0.05, 0.1) is 27.8 Å². The minimum atomic E-state index is -0.501. The molecule has 0 aliphatic rings. The molecule has 3 nitrogen and oxygen atoms in total. The summed E-state index contributed by atoms with van der Waals surface area (Å²) in [6.45, 7) is 6.34. The van der Waals surface area contributed by atoms with Crippen LogP contribution in [0.2, 0.25) is 5.02 Å². The smallest absolute Gasteiger partial charge is 0.230 e. The second-order valence-corrected chi connectivity index (χ2v) is 8.22. The number of carbonyl (C=O) groups is 1. The lowest BCUT2D eigenvalue weighted by Crippen LogP contribution is -2.36. The normalized spacial score (nSPS) is 13.5. The fraction of sp³-hybridized carbons (Fsp3) is 0.304. The van der Waals surface area contributed by atoms with Crippen LogP contribution in [0.3, 0.4) is 0 Å². The van der Waals surface area contributed by atoms with Crippen molar-refractivity contribution in [2.45, 2.75) is 33.6 Å². The standard InChI is InChI=1S/C23H25ClN2O/c1-16(2)13-23(3,14-17-8-5-4-6-9-17)22(27)26-19-12-18-10-7-11-20(24)21(18)25-15-19/h4-12,15-16H,13-14H2,1-3H3,(H,26,27). The molecule has 1 atom stereocenters. The first-order valence-corrected chi connectivity index (χ1v) is 9.65. The number of benzene rings is 2. The van der Waals surface area contributed by atoms with Crippen molar-refractivity contribution in [1.29, 1.82) is 0 Å². The second kappa shape index (κ2) is 8.10. The molecule has 3 rings (SSSR count). The highest BCUT2D eigenvalue weighted by atomic mass is 35.5. The van der Waals surface area contributed by atoms with Gasteiger partial charge in [0.15, 0.2) is 0 Å². The first-order chi connectivity index (χ1) is 12.9. The number of para-hydroxylation sites is 1. The second-order valence-electron chi connectivity index (χ2n) is 7.81. The number of hydrogen-bond acceptors (Lipinski definition) is 2. The minimum Gasteiger partial charge on any atom is -0.324 e. The fourth-order valence-corrected chi connectivity index (χ4v) is 3.90. The number of fused-ring (bicyclic) bond motifs is 1. The van der Waals surface area contributed by atoms with E-state index in [1.54, 1.807) is 6.20 Å². The quantitative estimate of drug-likeness (QED) is 0.559. The number of hydrogen-bond donors (Lipinski definition) is 1. The molecule has 0 aliphatic carbocycles. The van der Waals surface area contributed by atoms with Gasteiger partial charge >= 0.3 is 0 Å². The molecular weight excluding hydrogens is 356 g/mol. The molecule has 3 aromatic rings. The average molecular weight is 381 g/mol. The van der Waals surface area contributed by atoms with E-state index < -0.39 is 5.41 Å². The zero-order chi connectivity index (χ0) is 19.4. The molecule has 27 heavy (non-hydrogen) atoms. The van der Waals surface area contributed by atoms with Crippen LogP contribution in [0.25, 0.3) is 10.9 Å². The van der Waals surface area contributed by atoms with E-state index in [0.29, 0.717) is 23.0 Å². The molecule has 140 valence electrons. The van der Waals surface area contributed by atoms with Gasteiger partial charge in [0.1, 0.15) is 0 Å². The van der Waals surface area contributed by atoms with E-state index in [1.165, 1.54) is 5.56 Å². The Balaban J connectivity index is 1.85. The molecule has 0 saturated heterocycles. The van der Waals surface area contributed by atoms with E-state index in [1.807, 2.05) is 49.4 Å². The number of nitrogens with one attached hydrogen (secondary N) is 1. The van der Waals surface area contributed by atoms with Gasteiger partial charge in [-0.3, -0.25) is 9.78 Å². The Morgan fingerprint density at radius 2 is 1.89 bits per heavy atom. The number of anilines is 1. The Kier molecular flexibility index (Phi) is 5.81. The summed E-state index contributed by atoms with van der Waals surface area (Å²) in [4.78, 5) is 17.6. The van der Waals surface area contributed by atoms with Gasteiger partial charge in [-0.2, -0.15) is 0 Å². The molecule has 1 unspecified atom stereocenters. The first kappa shape index (κ1) is 19.4. The van der Waals surface area contributed by atoms with Crippen molar-refractivity contribution < 1.29 is 4.79 Å². The Hall–Kier alpha value is -2.39. The van der Waals surface area contributed by atoms with Crippen LogP contribution in [-0.4, -0.2) is 10.9 Å². The van der Waals surface area contributed by atoms with Crippen molar-refractivity contribution in [2.75, 3.05) is 5.32 Å². The summed E-state index contributed by atoms with van der Waals surface area (Å²) in [6, 6.07) is 17.7. The van der Waals surface area contributed by atoms with Gasteiger partial charge < -0.3 is 5.32 Å².